The normalized spacial score (nSPS) is 53.5. The van der Waals surface area contributed by atoms with Crippen molar-refractivity contribution in [1.29, 1.82) is 0 Å². The third kappa shape index (κ3) is 1.34. The Hall–Kier alpha value is -0.0800. The maximum atomic E-state index is 5.94. The highest BCUT2D eigenvalue weighted by molar-refractivity contribution is 5.12. The molecule has 5 aliphatic rings. The summed E-state index contributed by atoms with van der Waals surface area (Å²) in [5.41, 5.74) is 0.459. The summed E-state index contributed by atoms with van der Waals surface area (Å²) in [7, 11) is 0. The molecule has 0 unspecified atom stereocenters. The van der Waals surface area contributed by atoms with Crippen molar-refractivity contribution in [3.8, 4) is 0 Å². The van der Waals surface area contributed by atoms with Gasteiger partial charge in [0.2, 0.25) is 0 Å². The number of hydrogen-bond donors (Lipinski definition) is 0. The van der Waals surface area contributed by atoms with E-state index in [1.54, 1.807) is 6.42 Å². The van der Waals surface area contributed by atoms with Gasteiger partial charge in [-0.05, 0) is 62.3 Å². The molecule has 2 nitrogen and oxygen atoms in total. The van der Waals surface area contributed by atoms with E-state index in [4.69, 9.17) is 4.74 Å². The van der Waals surface area contributed by atoms with Gasteiger partial charge in [-0.15, -0.1) is 0 Å². The van der Waals surface area contributed by atoms with Crippen molar-refractivity contribution in [2.45, 2.75) is 44.6 Å². The summed E-state index contributed by atoms with van der Waals surface area (Å²) in [4.78, 5) is 2.80. The molecule has 4 bridgehead atoms. The van der Waals surface area contributed by atoms with Crippen LogP contribution in [-0.4, -0.2) is 36.7 Å². The van der Waals surface area contributed by atoms with Gasteiger partial charge in [-0.25, -0.2) is 0 Å². The van der Waals surface area contributed by atoms with E-state index in [0.29, 0.717) is 5.54 Å². The van der Waals surface area contributed by atoms with Gasteiger partial charge in [-0.3, -0.25) is 4.90 Å². The van der Waals surface area contributed by atoms with Crippen molar-refractivity contribution in [1.82, 2.24) is 4.90 Å². The van der Waals surface area contributed by atoms with Crippen molar-refractivity contribution >= 4 is 0 Å². The second-order valence-corrected chi connectivity index (χ2v) is 6.93. The number of hydrogen-bond acceptors (Lipinski definition) is 2. The summed E-state index contributed by atoms with van der Waals surface area (Å²) in [6.07, 6.45) is 7.58. The second-order valence-electron chi connectivity index (χ2n) is 6.93. The van der Waals surface area contributed by atoms with Crippen LogP contribution in [0.15, 0.2) is 0 Å². The molecule has 0 radical (unpaired) electrons. The molecule has 5 rings (SSSR count). The van der Waals surface area contributed by atoms with Crippen LogP contribution in [0.1, 0.15) is 39.0 Å². The quantitative estimate of drug-likeness (QED) is 0.692. The minimum Gasteiger partial charge on any atom is -0.378 e. The first-order valence-corrected chi connectivity index (χ1v) is 7.65. The molecule has 2 heteroatoms. The third-order valence-corrected chi connectivity index (χ3v) is 6.36. The molecule has 0 aromatic rings. The second kappa shape index (κ2) is 3.71. The van der Waals surface area contributed by atoms with Crippen LogP contribution in [0.25, 0.3) is 0 Å². The van der Waals surface area contributed by atoms with E-state index in [-0.39, 0.29) is 0 Å². The zero-order valence-corrected chi connectivity index (χ0v) is 11.0. The molecule has 1 heterocycles. The van der Waals surface area contributed by atoms with E-state index in [1.165, 1.54) is 38.8 Å². The molecule has 4 saturated carbocycles. The Labute approximate surface area is 105 Å². The SMILES string of the molecule is CCN1CCOCC12[C@H]1C[C@H]3C[C@H](C1)C[C@H]2C3. The average molecular weight is 235 g/mol. The van der Waals surface area contributed by atoms with Crippen LogP contribution in [0.2, 0.25) is 0 Å². The zero-order valence-electron chi connectivity index (χ0n) is 11.0. The van der Waals surface area contributed by atoms with Crippen LogP contribution in [0, 0.1) is 23.7 Å². The van der Waals surface area contributed by atoms with Crippen molar-refractivity contribution < 1.29 is 4.74 Å². The highest BCUT2D eigenvalue weighted by atomic mass is 16.5. The average Bonchev–Trinajstić information content (AvgIpc) is 2.35. The first kappa shape index (κ1) is 10.8. The number of likely N-dealkylation sites (N-methyl/N-ethyl adjacent to an activating group) is 1. The Morgan fingerprint density at radius 2 is 1.71 bits per heavy atom. The summed E-state index contributed by atoms with van der Waals surface area (Å²) in [5, 5.41) is 0. The molecular weight excluding hydrogens is 210 g/mol. The first-order chi connectivity index (χ1) is 8.33. The smallest absolute Gasteiger partial charge is 0.0656 e. The maximum Gasteiger partial charge on any atom is 0.0656 e. The molecule has 5 fully saturated rings. The fourth-order valence-corrected chi connectivity index (χ4v) is 5.91. The lowest BCUT2D eigenvalue weighted by molar-refractivity contribution is -0.191. The molecule has 0 atom stereocenters. The molecule has 0 N–H and O–H groups in total. The molecule has 17 heavy (non-hydrogen) atoms. The van der Waals surface area contributed by atoms with E-state index < -0.39 is 0 Å². The van der Waals surface area contributed by atoms with Gasteiger partial charge in [0.05, 0.1) is 13.2 Å². The summed E-state index contributed by atoms with van der Waals surface area (Å²) in [6, 6.07) is 0. The van der Waals surface area contributed by atoms with Gasteiger partial charge in [0.1, 0.15) is 0 Å². The molecular formula is C15H25NO. The number of rotatable bonds is 1. The highest BCUT2D eigenvalue weighted by Gasteiger charge is 2.60. The fraction of sp³-hybridized carbons (Fsp3) is 1.00. The van der Waals surface area contributed by atoms with E-state index in [2.05, 4.69) is 11.8 Å². The number of nitrogens with zero attached hydrogens (tertiary/aromatic N) is 1. The topological polar surface area (TPSA) is 12.5 Å². The number of morpholine rings is 1. The lowest BCUT2D eigenvalue weighted by Crippen LogP contribution is -2.70. The van der Waals surface area contributed by atoms with Crippen molar-refractivity contribution in [2.24, 2.45) is 23.7 Å². The van der Waals surface area contributed by atoms with E-state index in [0.717, 1.165) is 36.9 Å². The largest absolute Gasteiger partial charge is 0.378 e. The molecule has 1 spiro atoms. The molecule has 0 aromatic carbocycles. The molecule has 1 saturated heterocycles. The standard InChI is InChI=1S/C15H25NO/c1-2-16-3-4-17-10-15(16)13-6-11-5-12(8-13)9-14(15)7-11/h11-14H,2-10H2,1H3/t11-,12-,13-,14+,15?. The van der Waals surface area contributed by atoms with Crippen molar-refractivity contribution in [2.75, 3.05) is 26.3 Å². The first-order valence-electron chi connectivity index (χ1n) is 7.65. The molecule has 0 amide bonds. The predicted octanol–water partition coefficient (Wildman–Crippen LogP) is 2.53. The zero-order chi connectivity index (χ0) is 11.5. The highest BCUT2D eigenvalue weighted by Crippen LogP contribution is 2.60. The van der Waals surface area contributed by atoms with Crippen molar-refractivity contribution in [3.63, 3.8) is 0 Å². The van der Waals surface area contributed by atoms with Crippen molar-refractivity contribution in [3.05, 3.63) is 0 Å². The molecule has 4 aliphatic carbocycles. The van der Waals surface area contributed by atoms with Crippen LogP contribution in [0.3, 0.4) is 0 Å². The van der Waals surface area contributed by atoms with Crippen LogP contribution in [-0.2, 0) is 4.74 Å². The Balaban J connectivity index is 1.71. The Morgan fingerprint density at radius 1 is 1.06 bits per heavy atom. The Bertz CT molecular complexity index is 286. The molecule has 0 aromatic heterocycles. The third-order valence-electron chi connectivity index (χ3n) is 6.36. The maximum absolute atomic E-state index is 5.94. The van der Waals surface area contributed by atoms with Gasteiger partial charge in [0, 0.05) is 12.1 Å². The lowest BCUT2D eigenvalue weighted by Gasteiger charge is -2.65. The van der Waals surface area contributed by atoms with E-state index >= 15 is 0 Å². The number of ether oxygens (including phenoxy) is 1. The lowest BCUT2D eigenvalue weighted by atomic mass is 9.48. The predicted molar refractivity (Wildman–Crippen MR) is 67.8 cm³/mol. The minimum atomic E-state index is 0.459. The summed E-state index contributed by atoms with van der Waals surface area (Å²) >= 11 is 0. The minimum absolute atomic E-state index is 0.459. The monoisotopic (exact) mass is 235 g/mol. The van der Waals surface area contributed by atoms with Gasteiger partial charge in [0.15, 0.2) is 0 Å². The van der Waals surface area contributed by atoms with Gasteiger partial charge in [-0.1, -0.05) is 6.92 Å². The molecule has 1 aliphatic heterocycles. The van der Waals surface area contributed by atoms with Crippen LogP contribution < -0.4 is 0 Å². The van der Waals surface area contributed by atoms with Crippen LogP contribution >= 0.6 is 0 Å². The van der Waals surface area contributed by atoms with E-state index in [1.807, 2.05) is 0 Å². The Morgan fingerprint density at radius 3 is 2.29 bits per heavy atom. The van der Waals surface area contributed by atoms with Gasteiger partial charge in [-0.2, -0.15) is 0 Å². The van der Waals surface area contributed by atoms with Gasteiger partial charge >= 0.3 is 0 Å². The molecule has 96 valence electrons. The van der Waals surface area contributed by atoms with Gasteiger partial charge in [0.25, 0.3) is 0 Å². The Kier molecular flexibility index (Phi) is 2.36. The van der Waals surface area contributed by atoms with Crippen LogP contribution in [0.4, 0.5) is 0 Å². The van der Waals surface area contributed by atoms with Crippen LogP contribution in [0.5, 0.6) is 0 Å². The van der Waals surface area contributed by atoms with Gasteiger partial charge < -0.3 is 4.74 Å². The van der Waals surface area contributed by atoms with E-state index in [9.17, 15) is 0 Å². The summed E-state index contributed by atoms with van der Waals surface area (Å²) in [5.74, 6) is 4.06. The summed E-state index contributed by atoms with van der Waals surface area (Å²) in [6.45, 7) is 6.75. The summed E-state index contributed by atoms with van der Waals surface area (Å²) < 4.78 is 5.94. The fourth-order valence-electron chi connectivity index (χ4n) is 5.91.